The summed E-state index contributed by atoms with van der Waals surface area (Å²) in [6.45, 7) is 2.84. The minimum absolute atomic E-state index is 0.262. The minimum Gasteiger partial charge on any atom is -0.494 e. The van der Waals surface area contributed by atoms with Crippen LogP contribution in [0, 0.1) is 5.82 Å². The zero-order valence-corrected chi connectivity index (χ0v) is 12.3. The number of aliphatic hydroxyl groups is 1. The predicted molar refractivity (Wildman–Crippen MR) is 81.9 cm³/mol. The van der Waals surface area contributed by atoms with Crippen LogP contribution in [-0.4, -0.2) is 11.7 Å². The fourth-order valence-electron chi connectivity index (χ4n) is 2.08. The number of ether oxygens (including phenoxy) is 1. The van der Waals surface area contributed by atoms with Gasteiger partial charge < -0.3 is 9.84 Å². The van der Waals surface area contributed by atoms with Crippen molar-refractivity contribution >= 4 is 0 Å². The van der Waals surface area contributed by atoms with Crippen LogP contribution in [0.3, 0.4) is 0 Å². The van der Waals surface area contributed by atoms with Crippen LogP contribution in [0.5, 0.6) is 5.75 Å². The molecule has 0 aromatic heterocycles. The van der Waals surface area contributed by atoms with Gasteiger partial charge in [0.25, 0.3) is 0 Å². The van der Waals surface area contributed by atoms with Gasteiger partial charge in [-0.05, 0) is 41.8 Å². The van der Waals surface area contributed by atoms with Gasteiger partial charge in [0.15, 0.2) is 0 Å². The van der Waals surface area contributed by atoms with E-state index in [-0.39, 0.29) is 5.82 Å². The highest BCUT2D eigenvalue weighted by atomic mass is 19.1. The molecule has 0 amide bonds. The van der Waals surface area contributed by atoms with Crippen LogP contribution in [0.15, 0.2) is 48.5 Å². The van der Waals surface area contributed by atoms with Crippen molar-refractivity contribution in [2.45, 2.75) is 32.3 Å². The Morgan fingerprint density at radius 3 is 2.33 bits per heavy atom. The van der Waals surface area contributed by atoms with Crippen molar-refractivity contribution in [3.05, 3.63) is 65.5 Å². The van der Waals surface area contributed by atoms with E-state index in [4.69, 9.17) is 4.74 Å². The Morgan fingerprint density at radius 1 is 1.05 bits per heavy atom. The molecule has 0 fully saturated rings. The number of aliphatic hydroxyl groups excluding tert-OH is 1. The van der Waals surface area contributed by atoms with Gasteiger partial charge in [0.05, 0.1) is 12.7 Å². The lowest BCUT2D eigenvalue weighted by Gasteiger charge is -2.12. The van der Waals surface area contributed by atoms with Gasteiger partial charge >= 0.3 is 0 Å². The van der Waals surface area contributed by atoms with E-state index in [2.05, 4.69) is 6.92 Å². The number of hydrogen-bond donors (Lipinski definition) is 1. The Kier molecular flexibility index (Phi) is 5.76. The first-order valence-electron chi connectivity index (χ1n) is 7.34. The minimum atomic E-state index is -0.597. The standard InChI is InChI=1S/C18H21FO2/c1-2-3-12-21-17-10-6-15(7-11-17)18(20)13-14-4-8-16(19)9-5-14/h4-11,18,20H,2-3,12-13H2,1H3. The number of halogens is 1. The fraction of sp³-hybridized carbons (Fsp3) is 0.333. The first-order chi connectivity index (χ1) is 10.2. The summed E-state index contributed by atoms with van der Waals surface area (Å²) in [6, 6.07) is 13.7. The van der Waals surface area contributed by atoms with Gasteiger partial charge in [0.2, 0.25) is 0 Å². The van der Waals surface area contributed by atoms with E-state index in [1.165, 1.54) is 12.1 Å². The van der Waals surface area contributed by atoms with Crippen molar-refractivity contribution < 1.29 is 14.2 Å². The van der Waals surface area contributed by atoms with Crippen molar-refractivity contribution in [3.63, 3.8) is 0 Å². The SMILES string of the molecule is CCCCOc1ccc(C(O)Cc2ccc(F)cc2)cc1. The highest BCUT2D eigenvalue weighted by Gasteiger charge is 2.09. The molecule has 2 aromatic rings. The summed E-state index contributed by atoms with van der Waals surface area (Å²) in [5, 5.41) is 10.2. The molecule has 112 valence electrons. The lowest BCUT2D eigenvalue weighted by atomic mass is 10.0. The molecule has 0 aliphatic rings. The third-order valence-electron chi connectivity index (χ3n) is 3.37. The van der Waals surface area contributed by atoms with Crippen LogP contribution in [0.2, 0.25) is 0 Å². The first kappa shape index (κ1) is 15.5. The Hall–Kier alpha value is -1.87. The van der Waals surface area contributed by atoms with E-state index in [1.54, 1.807) is 12.1 Å². The summed E-state index contributed by atoms with van der Waals surface area (Å²) >= 11 is 0. The normalized spacial score (nSPS) is 12.1. The van der Waals surface area contributed by atoms with Crippen LogP contribution in [0.1, 0.15) is 37.0 Å². The second-order valence-electron chi connectivity index (χ2n) is 5.12. The molecule has 3 heteroatoms. The van der Waals surface area contributed by atoms with Crippen molar-refractivity contribution in [2.24, 2.45) is 0 Å². The summed E-state index contributed by atoms with van der Waals surface area (Å²) < 4.78 is 18.4. The zero-order valence-electron chi connectivity index (χ0n) is 12.3. The molecule has 2 rings (SSSR count). The highest BCUT2D eigenvalue weighted by Crippen LogP contribution is 2.21. The average molecular weight is 288 g/mol. The van der Waals surface area contributed by atoms with Gasteiger partial charge in [-0.3, -0.25) is 0 Å². The maximum Gasteiger partial charge on any atom is 0.123 e. The number of benzene rings is 2. The molecular formula is C18H21FO2. The van der Waals surface area contributed by atoms with Gasteiger partial charge in [0, 0.05) is 6.42 Å². The van der Waals surface area contributed by atoms with Gasteiger partial charge in [-0.15, -0.1) is 0 Å². The van der Waals surface area contributed by atoms with Gasteiger partial charge in [-0.1, -0.05) is 37.6 Å². The fourth-order valence-corrected chi connectivity index (χ4v) is 2.08. The highest BCUT2D eigenvalue weighted by molar-refractivity contribution is 5.29. The Balaban J connectivity index is 1.93. The molecule has 1 unspecified atom stereocenters. The number of unbranched alkanes of at least 4 members (excludes halogenated alkanes) is 1. The summed E-state index contributed by atoms with van der Waals surface area (Å²) in [5.41, 5.74) is 1.74. The van der Waals surface area contributed by atoms with Crippen LogP contribution >= 0.6 is 0 Å². The third kappa shape index (κ3) is 4.87. The lowest BCUT2D eigenvalue weighted by Crippen LogP contribution is -2.02. The largest absolute Gasteiger partial charge is 0.494 e. The molecule has 21 heavy (non-hydrogen) atoms. The molecular weight excluding hydrogens is 267 g/mol. The maximum atomic E-state index is 12.8. The summed E-state index contributed by atoms with van der Waals surface area (Å²) in [4.78, 5) is 0. The monoisotopic (exact) mass is 288 g/mol. The van der Waals surface area contributed by atoms with Crippen molar-refractivity contribution in [2.75, 3.05) is 6.61 Å². The van der Waals surface area contributed by atoms with Crippen molar-refractivity contribution in [1.29, 1.82) is 0 Å². The molecule has 0 saturated heterocycles. The summed E-state index contributed by atoms with van der Waals surface area (Å²) in [6.07, 6.45) is 2.01. The van der Waals surface area contributed by atoms with E-state index in [0.29, 0.717) is 13.0 Å². The molecule has 0 saturated carbocycles. The van der Waals surface area contributed by atoms with Crippen LogP contribution < -0.4 is 4.74 Å². The lowest BCUT2D eigenvalue weighted by molar-refractivity contribution is 0.178. The summed E-state index contributed by atoms with van der Waals surface area (Å²) in [7, 11) is 0. The van der Waals surface area contributed by atoms with Gasteiger partial charge in [-0.25, -0.2) is 4.39 Å². The Morgan fingerprint density at radius 2 is 1.71 bits per heavy atom. The van der Waals surface area contributed by atoms with Gasteiger partial charge in [-0.2, -0.15) is 0 Å². The first-order valence-corrected chi connectivity index (χ1v) is 7.34. The molecule has 0 bridgehead atoms. The Bertz CT molecular complexity index is 534. The molecule has 1 N–H and O–H groups in total. The van der Waals surface area contributed by atoms with E-state index in [1.807, 2.05) is 24.3 Å². The maximum absolute atomic E-state index is 12.8. The van der Waals surface area contributed by atoms with Crippen LogP contribution in [0.4, 0.5) is 4.39 Å². The zero-order chi connectivity index (χ0) is 15.1. The van der Waals surface area contributed by atoms with Crippen LogP contribution in [0.25, 0.3) is 0 Å². The van der Waals surface area contributed by atoms with Gasteiger partial charge in [0.1, 0.15) is 11.6 Å². The smallest absolute Gasteiger partial charge is 0.123 e. The molecule has 0 spiro atoms. The van der Waals surface area contributed by atoms with Crippen molar-refractivity contribution in [1.82, 2.24) is 0 Å². The van der Waals surface area contributed by atoms with Crippen molar-refractivity contribution in [3.8, 4) is 5.75 Å². The van der Waals surface area contributed by atoms with Crippen LogP contribution in [-0.2, 0) is 6.42 Å². The number of rotatable bonds is 7. The van der Waals surface area contributed by atoms with E-state index in [9.17, 15) is 9.50 Å². The quantitative estimate of drug-likeness (QED) is 0.770. The van der Waals surface area contributed by atoms with E-state index in [0.717, 1.165) is 29.7 Å². The average Bonchev–Trinajstić information content (AvgIpc) is 2.50. The molecule has 0 aliphatic carbocycles. The topological polar surface area (TPSA) is 29.5 Å². The third-order valence-corrected chi connectivity index (χ3v) is 3.37. The molecule has 2 nitrogen and oxygen atoms in total. The number of hydrogen-bond acceptors (Lipinski definition) is 2. The second kappa shape index (κ2) is 7.79. The molecule has 1 atom stereocenters. The second-order valence-corrected chi connectivity index (χ2v) is 5.12. The molecule has 2 aromatic carbocycles. The van der Waals surface area contributed by atoms with E-state index < -0.39 is 6.10 Å². The molecule has 0 aliphatic heterocycles. The summed E-state index contributed by atoms with van der Waals surface area (Å²) in [5.74, 6) is 0.558. The van der Waals surface area contributed by atoms with E-state index >= 15 is 0 Å². The molecule has 0 heterocycles. The Labute approximate surface area is 125 Å². The molecule has 0 radical (unpaired) electrons. The predicted octanol–water partition coefficient (Wildman–Crippen LogP) is 4.28.